The number of hydrogen-bond donors (Lipinski definition) is 1. The van der Waals surface area contributed by atoms with Crippen molar-refractivity contribution in [3.63, 3.8) is 0 Å². The Kier molecular flexibility index (Phi) is 5.82. The van der Waals surface area contributed by atoms with Gasteiger partial charge in [-0.3, -0.25) is 4.90 Å². The summed E-state index contributed by atoms with van der Waals surface area (Å²) in [4.78, 5) is 6.63. The third kappa shape index (κ3) is 4.16. The van der Waals surface area contributed by atoms with Gasteiger partial charge in [0.2, 0.25) is 0 Å². The first-order valence-electron chi connectivity index (χ1n) is 5.64. The van der Waals surface area contributed by atoms with Crippen LogP contribution in [0.1, 0.15) is 12.5 Å². The normalized spacial score (nSPS) is 10.8. The standard InChI is InChI=1S/C12H21N3O/c1-4-15(7-8-16-3)10-11-5-6-12(13-2)14-9-11/h5-6,9H,4,7-8,10H2,1-3H3,(H,13,14). The maximum absolute atomic E-state index is 5.08. The Bertz CT molecular complexity index is 287. The second kappa shape index (κ2) is 7.19. The molecule has 0 atom stereocenters. The van der Waals surface area contributed by atoms with E-state index in [9.17, 15) is 0 Å². The molecule has 4 heteroatoms. The fraction of sp³-hybridized carbons (Fsp3) is 0.583. The SMILES string of the molecule is CCN(CCOC)Cc1ccc(NC)nc1. The maximum Gasteiger partial charge on any atom is 0.125 e. The molecule has 1 heterocycles. The zero-order valence-corrected chi connectivity index (χ0v) is 10.4. The summed E-state index contributed by atoms with van der Waals surface area (Å²) >= 11 is 0. The third-order valence-electron chi connectivity index (χ3n) is 2.55. The molecule has 4 nitrogen and oxygen atoms in total. The van der Waals surface area contributed by atoms with Crippen LogP contribution >= 0.6 is 0 Å². The molecule has 0 radical (unpaired) electrons. The van der Waals surface area contributed by atoms with Crippen molar-refractivity contribution < 1.29 is 4.74 Å². The topological polar surface area (TPSA) is 37.4 Å². The number of methoxy groups -OCH3 is 1. The largest absolute Gasteiger partial charge is 0.383 e. The molecule has 0 unspecified atom stereocenters. The molecule has 0 fully saturated rings. The monoisotopic (exact) mass is 223 g/mol. The highest BCUT2D eigenvalue weighted by atomic mass is 16.5. The van der Waals surface area contributed by atoms with Gasteiger partial charge in [-0.1, -0.05) is 13.0 Å². The van der Waals surface area contributed by atoms with Crippen molar-refractivity contribution >= 4 is 5.82 Å². The van der Waals surface area contributed by atoms with Gasteiger partial charge >= 0.3 is 0 Å². The van der Waals surface area contributed by atoms with E-state index in [1.54, 1.807) is 7.11 Å². The summed E-state index contributed by atoms with van der Waals surface area (Å²) in [5.74, 6) is 0.906. The molecule has 90 valence electrons. The van der Waals surface area contributed by atoms with E-state index in [0.717, 1.165) is 32.1 Å². The Morgan fingerprint density at radius 3 is 2.75 bits per heavy atom. The van der Waals surface area contributed by atoms with Crippen LogP contribution in [0.3, 0.4) is 0 Å². The van der Waals surface area contributed by atoms with E-state index >= 15 is 0 Å². The Hall–Kier alpha value is -1.13. The highest BCUT2D eigenvalue weighted by molar-refractivity contribution is 5.34. The Morgan fingerprint density at radius 1 is 1.44 bits per heavy atom. The van der Waals surface area contributed by atoms with Crippen molar-refractivity contribution in [3.05, 3.63) is 23.9 Å². The number of rotatable bonds is 7. The van der Waals surface area contributed by atoms with Crippen LogP contribution in [0.4, 0.5) is 5.82 Å². The van der Waals surface area contributed by atoms with E-state index in [1.807, 2.05) is 19.3 Å². The molecule has 16 heavy (non-hydrogen) atoms. The average Bonchev–Trinajstić information content (AvgIpc) is 2.35. The van der Waals surface area contributed by atoms with Crippen LogP contribution in [-0.4, -0.2) is 43.7 Å². The van der Waals surface area contributed by atoms with Crippen molar-refractivity contribution in [1.82, 2.24) is 9.88 Å². The Morgan fingerprint density at radius 2 is 2.25 bits per heavy atom. The highest BCUT2D eigenvalue weighted by Gasteiger charge is 2.03. The van der Waals surface area contributed by atoms with Crippen molar-refractivity contribution in [3.8, 4) is 0 Å². The molecule has 0 aliphatic heterocycles. The van der Waals surface area contributed by atoms with Gasteiger partial charge < -0.3 is 10.1 Å². The number of aromatic nitrogens is 1. The number of nitrogens with one attached hydrogen (secondary N) is 1. The molecule has 0 aliphatic carbocycles. The molecule has 0 bridgehead atoms. The maximum atomic E-state index is 5.08. The Labute approximate surface area is 97.6 Å². The van der Waals surface area contributed by atoms with Gasteiger partial charge in [-0.25, -0.2) is 4.98 Å². The molecule has 1 aromatic rings. The van der Waals surface area contributed by atoms with E-state index in [0.29, 0.717) is 0 Å². The Balaban J connectivity index is 2.49. The minimum atomic E-state index is 0.774. The van der Waals surface area contributed by atoms with Crippen LogP contribution in [-0.2, 0) is 11.3 Å². The summed E-state index contributed by atoms with van der Waals surface area (Å²) in [6.45, 7) is 5.84. The molecule has 0 aromatic carbocycles. The van der Waals surface area contributed by atoms with Crippen LogP contribution in [0.2, 0.25) is 0 Å². The number of pyridine rings is 1. The molecular weight excluding hydrogens is 202 g/mol. The number of nitrogens with zero attached hydrogens (tertiary/aromatic N) is 2. The van der Waals surface area contributed by atoms with Crippen molar-refractivity contribution in [2.45, 2.75) is 13.5 Å². The smallest absolute Gasteiger partial charge is 0.125 e. The van der Waals surface area contributed by atoms with E-state index in [2.05, 4.69) is 28.2 Å². The summed E-state index contributed by atoms with van der Waals surface area (Å²) < 4.78 is 5.08. The van der Waals surface area contributed by atoms with Crippen molar-refractivity contribution in [2.24, 2.45) is 0 Å². The average molecular weight is 223 g/mol. The third-order valence-corrected chi connectivity index (χ3v) is 2.55. The fourth-order valence-electron chi connectivity index (χ4n) is 1.49. The second-order valence-electron chi connectivity index (χ2n) is 3.66. The van der Waals surface area contributed by atoms with Gasteiger partial charge in [0.15, 0.2) is 0 Å². The van der Waals surface area contributed by atoms with Gasteiger partial charge in [0.1, 0.15) is 5.82 Å². The molecule has 1 aromatic heterocycles. The lowest BCUT2D eigenvalue weighted by atomic mass is 10.2. The fourth-order valence-corrected chi connectivity index (χ4v) is 1.49. The van der Waals surface area contributed by atoms with E-state index in [1.165, 1.54) is 5.56 Å². The molecule has 0 saturated heterocycles. The molecule has 0 aliphatic rings. The predicted octanol–water partition coefficient (Wildman–Crippen LogP) is 1.59. The molecule has 0 amide bonds. The summed E-state index contributed by atoms with van der Waals surface area (Å²) in [5, 5.41) is 3.01. The zero-order valence-electron chi connectivity index (χ0n) is 10.4. The summed E-state index contributed by atoms with van der Waals surface area (Å²) in [7, 11) is 3.61. The van der Waals surface area contributed by atoms with Crippen LogP contribution in [0, 0.1) is 0 Å². The van der Waals surface area contributed by atoms with Gasteiger partial charge in [-0.05, 0) is 18.2 Å². The lowest BCUT2D eigenvalue weighted by Crippen LogP contribution is -2.26. The number of hydrogen-bond acceptors (Lipinski definition) is 4. The predicted molar refractivity (Wildman–Crippen MR) is 66.6 cm³/mol. The summed E-state index contributed by atoms with van der Waals surface area (Å²) in [6, 6.07) is 4.10. The van der Waals surface area contributed by atoms with Gasteiger partial charge in [-0.2, -0.15) is 0 Å². The molecule has 1 N–H and O–H groups in total. The van der Waals surface area contributed by atoms with Crippen LogP contribution < -0.4 is 5.32 Å². The second-order valence-corrected chi connectivity index (χ2v) is 3.66. The van der Waals surface area contributed by atoms with Crippen LogP contribution in [0.5, 0.6) is 0 Å². The number of anilines is 1. The molecule has 1 rings (SSSR count). The quantitative estimate of drug-likeness (QED) is 0.761. The van der Waals surface area contributed by atoms with Crippen molar-refractivity contribution in [1.29, 1.82) is 0 Å². The number of likely N-dealkylation sites (N-methyl/N-ethyl adjacent to an activating group) is 1. The van der Waals surface area contributed by atoms with E-state index in [-0.39, 0.29) is 0 Å². The summed E-state index contributed by atoms with van der Waals surface area (Å²) in [6.07, 6.45) is 1.92. The van der Waals surface area contributed by atoms with Crippen LogP contribution in [0.15, 0.2) is 18.3 Å². The highest BCUT2D eigenvalue weighted by Crippen LogP contribution is 2.07. The molecule has 0 spiro atoms. The van der Waals surface area contributed by atoms with Gasteiger partial charge in [0.25, 0.3) is 0 Å². The molecule has 0 saturated carbocycles. The van der Waals surface area contributed by atoms with Gasteiger partial charge in [0, 0.05) is 33.4 Å². The zero-order chi connectivity index (χ0) is 11.8. The lowest BCUT2D eigenvalue weighted by Gasteiger charge is -2.19. The first-order valence-corrected chi connectivity index (χ1v) is 5.64. The lowest BCUT2D eigenvalue weighted by molar-refractivity contribution is 0.147. The van der Waals surface area contributed by atoms with Gasteiger partial charge in [0.05, 0.1) is 6.61 Å². The van der Waals surface area contributed by atoms with E-state index < -0.39 is 0 Å². The van der Waals surface area contributed by atoms with E-state index in [4.69, 9.17) is 4.74 Å². The van der Waals surface area contributed by atoms with Gasteiger partial charge in [-0.15, -0.1) is 0 Å². The summed E-state index contributed by atoms with van der Waals surface area (Å²) in [5.41, 5.74) is 1.23. The minimum absolute atomic E-state index is 0.774. The first-order chi connectivity index (χ1) is 7.80. The van der Waals surface area contributed by atoms with Crippen molar-refractivity contribution in [2.75, 3.05) is 39.2 Å². The van der Waals surface area contributed by atoms with Crippen LogP contribution in [0.25, 0.3) is 0 Å². The first kappa shape index (κ1) is 12.9. The minimum Gasteiger partial charge on any atom is -0.383 e. The number of ether oxygens (including phenoxy) is 1. The molecular formula is C12H21N3O.